The van der Waals surface area contributed by atoms with Crippen molar-refractivity contribution in [2.75, 3.05) is 13.2 Å². The van der Waals surface area contributed by atoms with Crippen molar-refractivity contribution in [2.24, 2.45) is 0 Å². The maximum Gasteiger partial charge on any atom is 0.306 e. The molecule has 0 aliphatic carbocycles. The molecule has 0 aromatic heterocycles. The summed E-state index contributed by atoms with van der Waals surface area (Å²) < 4.78 is 17.0. The zero-order valence-electron chi connectivity index (χ0n) is 55.7. The Morgan fingerprint density at radius 2 is 0.470 bits per heavy atom. The predicted molar refractivity (Wildman–Crippen MR) is 362 cm³/mol. The van der Waals surface area contributed by atoms with Crippen molar-refractivity contribution in [3.8, 4) is 0 Å². The molecule has 0 spiro atoms. The fraction of sp³-hybridized carbons (Fsp3) is 0.831. The van der Waals surface area contributed by atoms with Crippen molar-refractivity contribution in [3.63, 3.8) is 0 Å². The van der Waals surface area contributed by atoms with Crippen LogP contribution in [0.25, 0.3) is 0 Å². The van der Waals surface area contributed by atoms with Crippen molar-refractivity contribution in [1.29, 1.82) is 0 Å². The monoisotopic (exact) mass is 1160 g/mol. The highest BCUT2D eigenvalue weighted by atomic mass is 16.6. The van der Waals surface area contributed by atoms with E-state index in [4.69, 9.17) is 14.2 Å². The Labute approximate surface area is 517 Å². The molecule has 6 heteroatoms. The molecule has 1 atom stereocenters. The molecular formula is C77H140O6. The van der Waals surface area contributed by atoms with Gasteiger partial charge in [-0.15, -0.1) is 0 Å². The number of carbonyl (C=O) groups excluding carboxylic acids is 3. The summed E-state index contributed by atoms with van der Waals surface area (Å²) in [5.41, 5.74) is 0. The van der Waals surface area contributed by atoms with Gasteiger partial charge in [0.25, 0.3) is 0 Å². The predicted octanol–water partition coefficient (Wildman–Crippen LogP) is 25.5. The normalized spacial score (nSPS) is 12.4. The first-order valence-corrected chi connectivity index (χ1v) is 36.8. The summed E-state index contributed by atoms with van der Waals surface area (Å²) in [6.45, 7) is 6.56. The zero-order chi connectivity index (χ0) is 59.9. The molecule has 0 rings (SSSR count). The molecule has 0 aliphatic rings. The highest BCUT2D eigenvalue weighted by Gasteiger charge is 2.19. The first-order valence-electron chi connectivity index (χ1n) is 36.8. The van der Waals surface area contributed by atoms with Crippen molar-refractivity contribution in [2.45, 2.75) is 399 Å². The van der Waals surface area contributed by atoms with Crippen LogP contribution in [0.15, 0.2) is 60.8 Å². The fourth-order valence-electron chi connectivity index (χ4n) is 11.0. The van der Waals surface area contributed by atoms with Crippen molar-refractivity contribution < 1.29 is 28.6 Å². The highest BCUT2D eigenvalue weighted by molar-refractivity contribution is 5.71. The van der Waals surface area contributed by atoms with Crippen LogP contribution in [0, 0.1) is 0 Å². The van der Waals surface area contributed by atoms with E-state index in [1.807, 2.05) is 0 Å². The molecule has 0 fully saturated rings. The first kappa shape index (κ1) is 80.1. The number of rotatable bonds is 68. The second-order valence-corrected chi connectivity index (χ2v) is 24.8. The third-order valence-electron chi connectivity index (χ3n) is 16.5. The van der Waals surface area contributed by atoms with Crippen LogP contribution >= 0.6 is 0 Å². The van der Waals surface area contributed by atoms with Gasteiger partial charge >= 0.3 is 17.9 Å². The molecule has 0 amide bonds. The Morgan fingerprint density at radius 1 is 0.253 bits per heavy atom. The van der Waals surface area contributed by atoms with E-state index >= 15 is 0 Å². The number of esters is 3. The molecule has 0 saturated carbocycles. The average molecular weight is 1160 g/mol. The largest absolute Gasteiger partial charge is 0.462 e. The second kappa shape index (κ2) is 71.6. The maximum absolute atomic E-state index is 12.9. The van der Waals surface area contributed by atoms with Crippen LogP contribution in [0.5, 0.6) is 0 Å². The van der Waals surface area contributed by atoms with E-state index in [1.165, 1.54) is 263 Å². The average Bonchev–Trinajstić information content (AvgIpc) is 3.49. The van der Waals surface area contributed by atoms with Crippen LogP contribution < -0.4 is 0 Å². The summed E-state index contributed by atoms with van der Waals surface area (Å²) in [4.78, 5) is 38.4. The molecule has 6 nitrogen and oxygen atoms in total. The van der Waals surface area contributed by atoms with Gasteiger partial charge in [-0.05, 0) is 83.5 Å². The molecule has 0 bridgehead atoms. The standard InChI is InChI=1S/C77H140O6/c1-4-7-10-13-16-19-22-25-27-29-31-32-33-34-35-36-37-38-39-40-41-42-43-44-45-46-47-49-50-52-55-58-61-64-67-70-76(79)82-73-74(72-81-75(78)69-66-63-60-57-54-24-21-18-15-12-9-6-3)83-77(80)71-68-65-62-59-56-53-51-48-30-28-26-23-20-17-14-11-8-5-2/h7,10,16,18-19,21,25,27,31-32,74H,4-6,8-9,11-15,17,20,22-24,26,28-30,33-73H2,1-3H3/b10-7-,19-16-,21-18-,27-25-,32-31-. The Hall–Kier alpha value is -2.89. The van der Waals surface area contributed by atoms with Crippen LogP contribution in [-0.2, 0) is 28.6 Å². The van der Waals surface area contributed by atoms with Gasteiger partial charge in [-0.1, -0.05) is 351 Å². The Balaban J connectivity index is 4.07. The summed E-state index contributed by atoms with van der Waals surface area (Å²) in [5.74, 6) is -0.851. The maximum atomic E-state index is 12.9. The quantitative estimate of drug-likeness (QED) is 0.0261. The van der Waals surface area contributed by atoms with Gasteiger partial charge in [-0.2, -0.15) is 0 Å². The van der Waals surface area contributed by atoms with Gasteiger partial charge in [0.15, 0.2) is 6.10 Å². The Bertz CT molecular complexity index is 1470. The Morgan fingerprint density at radius 3 is 0.771 bits per heavy atom. The molecule has 0 heterocycles. The Kier molecular flexibility index (Phi) is 69.1. The molecule has 0 aromatic carbocycles. The summed E-state index contributed by atoms with van der Waals surface area (Å²) in [6.07, 6.45) is 92.8. The molecule has 0 aliphatic heterocycles. The van der Waals surface area contributed by atoms with Crippen molar-refractivity contribution in [3.05, 3.63) is 60.8 Å². The minimum Gasteiger partial charge on any atom is -0.462 e. The second-order valence-electron chi connectivity index (χ2n) is 24.8. The molecule has 484 valence electrons. The molecule has 0 radical (unpaired) electrons. The number of carbonyl (C=O) groups is 3. The summed E-state index contributed by atoms with van der Waals surface area (Å²) in [6, 6.07) is 0. The molecule has 83 heavy (non-hydrogen) atoms. The van der Waals surface area contributed by atoms with Crippen LogP contribution in [0.3, 0.4) is 0 Å². The van der Waals surface area contributed by atoms with Crippen LogP contribution in [0.1, 0.15) is 393 Å². The summed E-state index contributed by atoms with van der Waals surface area (Å²) >= 11 is 0. The molecule has 0 aromatic rings. The number of ether oxygens (including phenoxy) is 3. The van der Waals surface area contributed by atoms with E-state index in [0.717, 1.165) is 89.9 Å². The van der Waals surface area contributed by atoms with Gasteiger partial charge in [0.05, 0.1) is 0 Å². The number of hydrogen-bond donors (Lipinski definition) is 0. The number of unbranched alkanes of at least 4 members (excludes halogenated alkanes) is 47. The SMILES string of the molecule is CC/C=C\C/C=C\C/C=C\C/C=C\CCCCCCCCCCCCCCCCCCCCCCCCC(=O)OCC(COC(=O)CCCCCCC/C=C\CCCCC)OC(=O)CCCCCCCCCCCCCCCCCCCC. The van der Waals surface area contributed by atoms with E-state index in [0.29, 0.717) is 19.3 Å². The highest BCUT2D eigenvalue weighted by Crippen LogP contribution is 2.19. The lowest BCUT2D eigenvalue weighted by molar-refractivity contribution is -0.167. The van der Waals surface area contributed by atoms with Gasteiger partial charge < -0.3 is 14.2 Å². The van der Waals surface area contributed by atoms with E-state index in [9.17, 15) is 14.4 Å². The minimum absolute atomic E-state index is 0.0696. The van der Waals surface area contributed by atoms with Gasteiger partial charge in [-0.3, -0.25) is 14.4 Å². The lowest BCUT2D eigenvalue weighted by Crippen LogP contribution is -2.30. The lowest BCUT2D eigenvalue weighted by Gasteiger charge is -2.18. The van der Waals surface area contributed by atoms with Crippen LogP contribution in [-0.4, -0.2) is 37.2 Å². The van der Waals surface area contributed by atoms with E-state index < -0.39 is 6.10 Å². The third-order valence-corrected chi connectivity index (χ3v) is 16.5. The lowest BCUT2D eigenvalue weighted by atomic mass is 10.0. The van der Waals surface area contributed by atoms with E-state index in [1.54, 1.807) is 0 Å². The van der Waals surface area contributed by atoms with E-state index in [-0.39, 0.29) is 31.1 Å². The molecule has 0 N–H and O–H groups in total. The topological polar surface area (TPSA) is 78.9 Å². The minimum atomic E-state index is -0.773. The third kappa shape index (κ3) is 69.8. The first-order chi connectivity index (χ1) is 41.0. The smallest absolute Gasteiger partial charge is 0.306 e. The molecule has 0 saturated heterocycles. The summed E-state index contributed by atoms with van der Waals surface area (Å²) in [7, 11) is 0. The fourth-order valence-corrected chi connectivity index (χ4v) is 11.0. The van der Waals surface area contributed by atoms with E-state index in [2.05, 4.69) is 81.5 Å². The zero-order valence-corrected chi connectivity index (χ0v) is 55.7. The van der Waals surface area contributed by atoms with Gasteiger partial charge in [0, 0.05) is 19.3 Å². The summed E-state index contributed by atoms with van der Waals surface area (Å²) in [5, 5.41) is 0. The van der Waals surface area contributed by atoms with Gasteiger partial charge in [0.2, 0.25) is 0 Å². The van der Waals surface area contributed by atoms with Gasteiger partial charge in [-0.25, -0.2) is 0 Å². The number of allylic oxidation sites excluding steroid dienone is 10. The number of hydrogen-bond acceptors (Lipinski definition) is 6. The van der Waals surface area contributed by atoms with Gasteiger partial charge in [0.1, 0.15) is 13.2 Å². The van der Waals surface area contributed by atoms with Crippen LogP contribution in [0.2, 0.25) is 0 Å². The van der Waals surface area contributed by atoms with Crippen molar-refractivity contribution in [1.82, 2.24) is 0 Å². The van der Waals surface area contributed by atoms with Crippen molar-refractivity contribution >= 4 is 17.9 Å². The molecular weight excluding hydrogens is 1020 g/mol. The molecule has 1 unspecified atom stereocenters. The van der Waals surface area contributed by atoms with Crippen LogP contribution in [0.4, 0.5) is 0 Å².